The summed E-state index contributed by atoms with van der Waals surface area (Å²) in [6.45, 7) is 8.67. The molecule has 0 saturated heterocycles. The number of thiazole rings is 1. The van der Waals surface area contributed by atoms with E-state index in [2.05, 4.69) is 4.98 Å². The summed E-state index contributed by atoms with van der Waals surface area (Å²) in [5.74, 6) is 0.129. The third-order valence-electron chi connectivity index (χ3n) is 3.24. The predicted octanol–water partition coefficient (Wildman–Crippen LogP) is 3.66. The van der Waals surface area contributed by atoms with Crippen molar-refractivity contribution in [3.05, 3.63) is 45.4 Å². The second kappa shape index (κ2) is 6.18. The molecule has 3 nitrogen and oxygen atoms in total. The summed E-state index contributed by atoms with van der Waals surface area (Å²) in [4.78, 5) is 19.8. The van der Waals surface area contributed by atoms with Crippen molar-refractivity contribution in [2.75, 3.05) is 11.4 Å². The van der Waals surface area contributed by atoms with Crippen LogP contribution >= 0.6 is 11.3 Å². The van der Waals surface area contributed by atoms with Gasteiger partial charge in [-0.15, -0.1) is 11.3 Å². The van der Waals surface area contributed by atoms with Crippen molar-refractivity contribution >= 4 is 22.9 Å². The highest BCUT2D eigenvalue weighted by atomic mass is 32.1. The Morgan fingerprint density at radius 3 is 2.60 bits per heavy atom. The maximum Gasteiger partial charge on any atom is 0.232 e. The summed E-state index contributed by atoms with van der Waals surface area (Å²) in [5.41, 5.74) is 3.11. The number of likely N-dealkylation sites (N-methyl/N-ethyl adjacent to an activating group) is 1. The summed E-state index contributed by atoms with van der Waals surface area (Å²) in [6, 6.07) is 8.06. The highest BCUT2D eigenvalue weighted by Gasteiger charge is 2.17. The molecule has 1 heterocycles. The van der Waals surface area contributed by atoms with Gasteiger partial charge < -0.3 is 4.90 Å². The minimum Gasteiger partial charge on any atom is -0.312 e. The van der Waals surface area contributed by atoms with Gasteiger partial charge in [-0.05, 0) is 45.4 Å². The number of amides is 1. The molecule has 0 unspecified atom stereocenters. The standard InChI is InChI=1S/C16H20N2OS/c1-5-18(14-8-6-7-11(2)9-14)16(19)10-15-12(3)17-13(4)20-15/h6-9H,5,10H2,1-4H3. The Hall–Kier alpha value is -1.68. The second-order valence-corrected chi connectivity index (χ2v) is 6.18. The molecule has 0 spiro atoms. The molecule has 0 radical (unpaired) electrons. The monoisotopic (exact) mass is 288 g/mol. The van der Waals surface area contributed by atoms with Crippen LogP contribution in [-0.4, -0.2) is 17.4 Å². The van der Waals surface area contributed by atoms with Gasteiger partial charge in [0.1, 0.15) is 0 Å². The van der Waals surface area contributed by atoms with E-state index in [4.69, 9.17) is 0 Å². The van der Waals surface area contributed by atoms with Gasteiger partial charge in [0.25, 0.3) is 0 Å². The zero-order valence-electron chi connectivity index (χ0n) is 12.4. The number of anilines is 1. The summed E-state index contributed by atoms with van der Waals surface area (Å²) < 4.78 is 0. The number of carbonyl (C=O) groups is 1. The first-order chi connectivity index (χ1) is 9.51. The molecule has 2 rings (SSSR count). The van der Waals surface area contributed by atoms with E-state index in [1.807, 2.05) is 56.9 Å². The molecule has 2 aromatic rings. The molecular formula is C16H20N2OS. The van der Waals surface area contributed by atoms with Crippen molar-refractivity contribution in [2.45, 2.75) is 34.1 Å². The van der Waals surface area contributed by atoms with Crippen molar-refractivity contribution in [3.63, 3.8) is 0 Å². The molecule has 0 bridgehead atoms. The van der Waals surface area contributed by atoms with Crippen LogP contribution < -0.4 is 4.90 Å². The number of rotatable bonds is 4. The normalized spacial score (nSPS) is 10.6. The lowest BCUT2D eigenvalue weighted by atomic mass is 10.2. The molecule has 4 heteroatoms. The van der Waals surface area contributed by atoms with Crippen molar-refractivity contribution in [3.8, 4) is 0 Å². The summed E-state index contributed by atoms with van der Waals surface area (Å²) >= 11 is 1.61. The van der Waals surface area contributed by atoms with Crippen LogP contribution in [0.25, 0.3) is 0 Å². The lowest BCUT2D eigenvalue weighted by Gasteiger charge is -2.21. The van der Waals surface area contributed by atoms with Gasteiger partial charge in [0.05, 0.1) is 17.1 Å². The highest BCUT2D eigenvalue weighted by molar-refractivity contribution is 7.11. The number of aromatic nitrogens is 1. The topological polar surface area (TPSA) is 33.2 Å². The third-order valence-corrected chi connectivity index (χ3v) is 4.31. The molecular weight excluding hydrogens is 268 g/mol. The second-order valence-electron chi connectivity index (χ2n) is 4.90. The van der Waals surface area contributed by atoms with E-state index in [1.54, 1.807) is 11.3 Å². The van der Waals surface area contributed by atoms with E-state index in [0.29, 0.717) is 13.0 Å². The summed E-state index contributed by atoms with van der Waals surface area (Å²) in [7, 11) is 0. The van der Waals surface area contributed by atoms with Crippen LogP contribution in [0.15, 0.2) is 24.3 Å². The van der Waals surface area contributed by atoms with E-state index < -0.39 is 0 Å². The Labute approximate surface area is 124 Å². The molecule has 0 atom stereocenters. The van der Waals surface area contributed by atoms with Gasteiger partial charge in [-0.2, -0.15) is 0 Å². The van der Waals surface area contributed by atoms with Gasteiger partial charge >= 0.3 is 0 Å². The number of carbonyl (C=O) groups excluding carboxylic acids is 1. The quantitative estimate of drug-likeness (QED) is 0.860. The van der Waals surface area contributed by atoms with E-state index in [9.17, 15) is 4.79 Å². The molecule has 0 fully saturated rings. The predicted molar refractivity (Wildman–Crippen MR) is 84.5 cm³/mol. The van der Waals surface area contributed by atoms with E-state index in [-0.39, 0.29) is 5.91 Å². The first kappa shape index (κ1) is 14.7. The Bertz CT molecular complexity index is 619. The lowest BCUT2D eigenvalue weighted by Crippen LogP contribution is -2.32. The van der Waals surface area contributed by atoms with Crippen LogP contribution in [-0.2, 0) is 11.2 Å². The van der Waals surface area contributed by atoms with Gasteiger partial charge in [0.2, 0.25) is 5.91 Å². The van der Waals surface area contributed by atoms with Crippen LogP contribution in [0.1, 0.15) is 28.1 Å². The molecule has 1 aromatic carbocycles. The summed E-state index contributed by atoms with van der Waals surface area (Å²) in [5, 5.41) is 1.02. The molecule has 20 heavy (non-hydrogen) atoms. The molecule has 0 aliphatic heterocycles. The SMILES string of the molecule is CCN(C(=O)Cc1sc(C)nc1C)c1cccc(C)c1. The van der Waals surface area contributed by atoms with Crippen LogP contribution in [0.2, 0.25) is 0 Å². The average molecular weight is 288 g/mol. The fourth-order valence-corrected chi connectivity index (χ4v) is 3.20. The van der Waals surface area contributed by atoms with E-state index in [0.717, 1.165) is 21.3 Å². The largest absolute Gasteiger partial charge is 0.312 e. The minimum atomic E-state index is 0.129. The summed E-state index contributed by atoms with van der Waals surface area (Å²) in [6.07, 6.45) is 0.430. The van der Waals surface area contributed by atoms with Gasteiger partial charge in [-0.25, -0.2) is 4.98 Å². The Balaban J connectivity index is 2.19. The number of nitrogens with zero attached hydrogens (tertiary/aromatic N) is 2. The number of benzene rings is 1. The third kappa shape index (κ3) is 3.25. The van der Waals surface area contributed by atoms with Crippen LogP contribution in [0.4, 0.5) is 5.69 Å². The minimum absolute atomic E-state index is 0.129. The Morgan fingerprint density at radius 1 is 1.30 bits per heavy atom. The van der Waals surface area contributed by atoms with E-state index in [1.165, 1.54) is 5.56 Å². The zero-order valence-corrected chi connectivity index (χ0v) is 13.3. The van der Waals surface area contributed by atoms with Gasteiger partial charge in [-0.3, -0.25) is 4.79 Å². The fourth-order valence-electron chi connectivity index (χ4n) is 2.27. The Kier molecular flexibility index (Phi) is 4.55. The first-order valence-corrected chi connectivity index (χ1v) is 7.63. The number of aryl methyl sites for hydroxylation is 3. The lowest BCUT2D eigenvalue weighted by molar-refractivity contribution is -0.117. The molecule has 106 valence electrons. The van der Waals surface area contributed by atoms with Crippen molar-refractivity contribution < 1.29 is 4.79 Å². The van der Waals surface area contributed by atoms with Crippen LogP contribution in [0, 0.1) is 20.8 Å². The molecule has 0 aliphatic carbocycles. The van der Waals surface area contributed by atoms with Crippen molar-refractivity contribution in [1.29, 1.82) is 0 Å². The smallest absolute Gasteiger partial charge is 0.232 e. The van der Waals surface area contributed by atoms with Crippen LogP contribution in [0.5, 0.6) is 0 Å². The Morgan fingerprint density at radius 2 is 2.05 bits per heavy atom. The van der Waals surface area contributed by atoms with E-state index >= 15 is 0 Å². The van der Waals surface area contributed by atoms with Crippen molar-refractivity contribution in [2.24, 2.45) is 0 Å². The maximum absolute atomic E-state index is 12.5. The molecule has 0 saturated carbocycles. The van der Waals surface area contributed by atoms with Crippen LogP contribution in [0.3, 0.4) is 0 Å². The fraction of sp³-hybridized carbons (Fsp3) is 0.375. The number of hydrogen-bond acceptors (Lipinski definition) is 3. The molecule has 1 aromatic heterocycles. The number of hydrogen-bond donors (Lipinski definition) is 0. The van der Waals surface area contributed by atoms with Crippen molar-refractivity contribution in [1.82, 2.24) is 4.98 Å². The van der Waals surface area contributed by atoms with Gasteiger partial charge in [0, 0.05) is 17.1 Å². The first-order valence-electron chi connectivity index (χ1n) is 6.81. The van der Waals surface area contributed by atoms with Gasteiger partial charge in [-0.1, -0.05) is 12.1 Å². The molecule has 1 amide bonds. The maximum atomic E-state index is 12.5. The highest BCUT2D eigenvalue weighted by Crippen LogP contribution is 2.21. The molecule has 0 aliphatic rings. The van der Waals surface area contributed by atoms with Gasteiger partial charge in [0.15, 0.2) is 0 Å². The average Bonchev–Trinajstić information content (AvgIpc) is 2.68. The zero-order chi connectivity index (χ0) is 14.7. The molecule has 0 N–H and O–H groups in total.